The fraction of sp³-hybridized carbons (Fsp3) is 0. The fourth-order valence-corrected chi connectivity index (χ4v) is 6.20. The molecule has 0 amide bonds. The van der Waals surface area contributed by atoms with Crippen molar-refractivity contribution in [1.82, 2.24) is 0 Å². The van der Waals surface area contributed by atoms with Gasteiger partial charge in [0.25, 0.3) is 0 Å². The molecular formula is C40H26. The summed E-state index contributed by atoms with van der Waals surface area (Å²) in [4.78, 5) is 0. The van der Waals surface area contributed by atoms with E-state index in [2.05, 4.69) is 158 Å². The van der Waals surface area contributed by atoms with Gasteiger partial charge in [-0.25, -0.2) is 0 Å². The van der Waals surface area contributed by atoms with Crippen LogP contribution in [0.2, 0.25) is 0 Å². The lowest BCUT2D eigenvalue weighted by molar-refractivity contribution is 1.61. The molecule has 0 saturated heterocycles. The van der Waals surface area contributed by atoms with Crippen LogP contribution in [-0.2, 0) is 0 Å². The molecule has 0 heterocycles. The molecule has 186 valence electrons. The summed E-state index contributed by atoms with van der Waals surface area (Å²) in [5, 5.41) is 10.2. The van der Waals surface area contributed by atoms with Crippen LogP contribution in [0.5, 0.6) is 0 Å². The third-order valence-corrected chi connectivity index (χ3v) is 8.24. The van der Waals surface area contributed by atoms with Crippen molar-refractivity contribution >= 4 is 43.1 Å². The number of rotatable bonds is 3. The molecule has 0 unspecified atom stereocenters. The maximum atomic E-state index is 2.35. The Morgan fingerprint density at radius 2 is 0.750 bits per heavy atom. The van der Waals surface area contributed by atoms with E-state index in [4.69, 9.17) is 0 Å². The summed E-state index contributed by atoms with van der Waals surface area (Å²) in [6.45, 7) is 0. The molecule has 0 nitrogen and oxygen atoms in total. The third kappa shape index (κ3) is 3.77. The van der Waals surface area contributed by atoms with Crippen molar-refractivity contribution in [3.63, 3.8) is 0 Å². The standard InChI is InChI=1S/C40H26/c1-2-9-30-24-31(21-20-27(30)8-1)28-16-18-29(19-17-28)32-22-23-36-33(25-32)11-7-15-38(36)40-26-34-10-3-4-12-35(34)37-13-5-6-14-39(37)40/h1-26H. The van der Waals surface area contributed by atoms with Crippen molar-refractivity contribution in [3.8, 4) is 33.4 Å². The molecule has 0 aromatic heterocycles. The highest BCUT2D eigenvalue weighted by Gasteiger charge is 2.12. The van der Waals surface area contributed by atoms with Gasteiger partial charge in [0.1, 0.15) is 0 Å². The minimum Gasteiger partial charge on any atom is -0.0616 e. The first-order valence-corrected chi connectivity index (χ1v) is 13.9. The average molecular weight is 507 g/mol. The van der Waals surface area contributed by atoms with Gasteiger partial charge in [-0.3, -0.25) is 0 Å². The summed E-state index contributed by atoms with van der Waals surface area (Å²) < 4.78 is 0. The van der Waals surface area contributed by atoms with Crippen LogP contribution in [0.1, 0.15) is 0 Å². The first-order valence-electron chi connectivity index (χ1n) is 13.9. The van der Waals surface area contributed by atoms with Gasteiger partial charge in [-0.15, -0.1) is 0 Å². The van der Waals surface area contributed by atoms with Gasteiger partial charge in [-0.05, 0) is 94.7 Å². The normalized spacial score (nSPS) is 11.5. The molecule has 8 rings (SSSR count). The van der Waals surface area contributed by atoms with Crippen LogP contribution < -0.4 is 0 Å². The summed E-state index contributed by atoms with van der Waals surface area (Å²) in [7, 11) is 0. The summed E-state index contributed by atoms with van der Waals surface area (Å²) in [5.41, 5.74) is 7.51. The molecule has 0 aliphatic rings. The van der Waals surface area contributed by atoms with Crippen LogP contribution in [0.4, 0.5) is 0 Å². The highest BCUT2D eigenvalue weighted by atomic mass is 14.2. The molecule has 8 aromatic rings. The van der Waals surface area contributed by atoms with E-state index in [1.807, 2.05) is 0 Å². The van der Waals surface area contributed by atoms with E-state index in [-0.39, 0.29) is 0 Å². The molecule has 0 bridgehead atoms. The Labute approximate surface area is 233 Å². The first-order chi connectivity index (χ1) is 19.8. The largest absolute Gasteiger partial charge is 0.0616 e. The van der Waals surface area contributed by atoms with Crippen LogP contribution in [-0.4, -0.2) is 0 Å². The zero-order chi connectivity index (χ0) is 26.5. The predicted octanol–water partition coefficient (Wildman–Crippen LogP) is 11.3. The highest BCUT2D eigenvalue weighted by Crippen LogP contribution is 2.39. The molecule has 40 heavy (non-hydrogen) atoms. The lowest BCUT2D eigenvalue weighted by Gasteiger charge is -2.14. The average Bonchev–Trinajstić information content (AvgIpc) is 3.04. The van der Waals surface area contributed by atoms with Crippen molar-refractivity contribution in [2.45, 2.75) is 0 Å². The summed E-state index contributed by atoms with van der Waals surface area (Å²) in [5.74, 6) is 0. The van der Waals surface area contributed by atoms with Gasteiger partial charge in [0.05, 0.1) is 0 Å². The second kappa shape index (κ2) is 9.22. The van der Waals surface area contributed by atoms with Crippen molar-refractivity contribution in [2.75, 3.05) is 0 Å². The van der Waals surface area contributed by atoms with Gasteiger partial charge >= 0.3 is 0 Å². The van der Waals surface area contributed by atoms with Crippen LogP contribution in [0.3, 0.4) is 0 Å². The molecule has 0 saturated carbocycles. The molecule has 0 N–H and O–H groups in total. The maximum absolute atomic E-state index is 2.35. The topological polar surface area (TPSA) is 0 Å². The number of hydrogen-bond donors (Lipinski definition) is 0. The summed E-state index contributed by atoms with van der Waals surface area (Å²) in [6.07, 6.45) is 0. The molecule has 0 spiro atoms. The number of fused-ring (bicyclic) bond motifs is 5. The monoisotopic (exact) mass is 506 g/mol. The first kappa shape index (κ1) is 22.8. The Bertz CT molecular complexity index is 2200. The fourth-order valence-electron chi connectivity index (χ4n) is 6.20. The second-order valence-corrected chi connectivity index (χ2v) is 10.6. The molecule has 0 fully saturated rings. The Morgan fingerprint density at radius 3 is 1.52 bits per heavy atom. The quantitative estimate of drug-likeness (QED) is 0.209. The zero-order valence-electron chi connectivity index (χ0n) is 22.0. The third-order valence-electron chi connectivity index (χ3n) is 8.24. The summed E-state index contributed by atoms with van der Waals surface area (Å²) in [6, 6.07) is 57.6. The van der Waals surface area contributed by atoms with E-state index >= 15 is 0 Å². The van der Waals surface area contributed by atoms with Crippen molar-refractivity contribution in [1.29, 1.82) is 0 Å². The van der Waals surface area contributed by atoms with E-state index in [0.717, 1.165) is 0 Å². The van der Waals surface area contributed by atoms with Gasteiger partial charge in [-0.2, -0.15) is 0 Å². The van der Waals surface area contributed by atoms with E-state index in [1.165, 1.54) is 76.5 Å². The van der Waals surface area contributed by atoms with Gasteiger partial charge in [-0.1, -0.05) is 140 Å². The zero-order valence-corrected chi connectivity index (χ0v) is 22.0. The minimum atomic E-state index is 1.23. The van der Waals surface area contributed by atoms with E-state index in [1.54, 1.807) is 0 Å². The van der Waals surface area contributed by atoms with Crippen molar-refractivity contribution in [2.24, 2.45) is 0 Å². The van der Waals surface area contributed by atoms with Crippen LogP contribution in [0.15, 0.2) is 158 Å². The SMILES string of the molecule is c1ccc2cc(-c3ccc(-c4ccc5c(-c6cc7ccccc7c7ccccc67)cccc5c4)cc3)ccc2c1. The number of benzene rings is 8. The molecule has 8 aromatic carbocycles. The van der Waals surface area contributed by atoms with Gasteiger partial charge in [0.2, 0.25) is 0 Å². The molecule has 0 aliphatic heterocycles. The Hall–Kier alpha value is -5.20. The Morgan fingerprint density at radius 1 is 0.225 bits per heavy atom. The smallest absolute Gasteiger partial charge is 0.00928 e. The molecule has 0 heteroatoms. The lowest BCUT2D eigenvalue weighted by Crippen LogP contribution is -1.87. The molecule has 0 atom stereocenters. The van der Waals surface area contributed by atoms with Crippen molar-refractivity contribution < 1.29 is 0 Å². The Kier molecular flexibility index (Phi) is 5.24. The van der Waals surface area contributed by atoms with Crippen LogP contribution >= 0.6 is 0 Å². The van der Waals surface area contributed by atoms with Crippen LogP contribution in [0.25, 0.3) is 76.5 Å². The van der Waals surface area contributed by atoms with E-state index in [0.29, 0.717) is 0 Å². The molecule has 0 radical (unpaired) electrons. The predicted molar refractivity (Wildman–Crippen MR) is 173 cm³/mol. The number of hydrogen-bond acceptors (Lipinski definition) is 0. The lowest BCUT2D eigenvalue weighted by atomic mass is 9.90. The highest BCUT2D eigenvalue weighted by molar-refractivity contribution is 6.16. The van der Waals surface area contributed by atoms with E-state index in [9.17, 15) is 0 Å². The minimum absolute atomic E-state index is 1.23. The molecule has 0 aliphatic carbocycles. The molecular weight excluding hydrogens is 480 g/mol. The van der Waals surface area contributed by atoms with Gasteiger partial charge in [0.15, 0.2) is 0 Å². The van der Waals surface area contributed by atoms with Gasteiger partial charge in [0, 0.05) is 0 Å². The Balaban J connectivity index is 1.21. The van der Waals surface area contributed by atoms with Crippen LogP contribution in [0, 0.1) is 0 Å². The van der Waals surface area contributed by atoms with Gasteiger partial charge < -0.3 is 0 Å². The van der Waals surface area contributed by atoms with Crippen molar-refractivity contribution in [3.05, 3.63) is 158 Å². The van der Waals surface area contributed by atoms with E-state index < -0.39 is 0 Å². The summed E-state index contributed by atoms with van der Waals surface area (Å²) >= 11 is 0. The maximum Gasteiger partial charge on any atom is -0.00928 e. The second-order valence-electron chi connectivity index (χ2n) is 10.6.